The first-order valence-electron chi connectivity index (χ1n) is 5.07. The van der Waals surface area contributed by atoms with Crippen molar-refractivity contribution in [2.24, 2.45) is 0 Å². The largest absolute Gasteiger partial charge is 0.488 e. The van der Waals surface area contributed by atoms with Gasteiger partial charge in [0.15, 0.2) is 0 Å². The van der Waals surface area contributed by atoms with Crippen molar-refractivity contribution in [3.05, 3.63) is 63.9 Å². The molecule has 2 rings (SSSR count). The molecule has 0 atom stereocenters. The maximum atomic E-state index is 13.0. The van der Waals surface area contributed by atoms with Crippen LogP contribution in [0.3, 0.4) is 0 Å². The standard InChI is InChI=1S/C13H8BrF3O/c14-12-2-1-9(15)6-13(12)18-7-8-3-10(16)5-11(17)4-8/h1-6H,7H2. The molecule has 0 N–H and O–H groups in total. The van der Waals surface area contributed by atoms with Crippen molar-refractivity contribution >= 4 is 15.9 Å². The molecule has 0 aliphatic rings. The molecule has 0 bridgehead atoms. The van der Waals surface area contributed by atoms with E-state index in [1.807, 2.05) is 0 Å². The average Bonchev–Trinajstić information content (AvgIpc) is 2.29. The molecule has 5 heteroatoms. The molecule has 94 valence electrons. The summed E-state index contributed by atoms with van der Waals surface area (Å²) in [6, 6.07) is 7.07. The fourth-order valence-corrected chi connectivity index (χ4v) is 1.80. The van der Waals surface area contributed by atoms with Crippen LogP contribution in [0.5, 0.6) is 5.75 Å². The molecule has 0 radical (unpaired) electrons. The number of ether oxygens (including phenoxy) is 1. The summed E-state index contributed by atoms with van der Waals surface area (Å²) in [5, 5.41) is 0. The summed E-state index contributed by atoms with van der Waals surface area (Å²) < 4.78 is 44.7. The van der Waals surface area contributed by atoms with Gasteiger partial charge in [0, 0.05) is 12.1 Å². The quantitative estimate of drug-likeness (QED) is 0.813. The van der Waals surface area contributed by atoms with E-state index in [0.717, 1.165) is 18.2 Å². The maximum Gasteiger partial charge on any atom is 0.136 e. The van der Waals surface area contributed by atoms with Gasteiger partial charge in [-0.15, -0.1) is 0 Å². The monoisotopic (exact) mass is 316 g/mol. The third kappa shape index (κ3) is 3.26. The van der Waals surface area contributed by atoms with E-state index in [1.165, 1.54) is 18.2 Å². The van der Waals surface area contributed by atoms with Crippen LogP contribution in [0.2, 0.25) is 0 Å². The van der Waals surface area contributed by atoms with E-state index >= 15 is 0 Å². The smallest absolute Gasteiger partial charge is 0.136 e. The van der Waals surface area contributed by atoms with Gasteiger partial charge in [-0.3, -0.25) is 0 Å². The Labute approximate surface area is 110 Å². The lowest BCUT2D eigenvalue weighted by Gasteiger charge is -2.08. The van der Waals surface area contributed by atoms with Crippen molar-refractivity contribution in [2.45, 2.75) is 6.61 Å². The van der Waals surface area contributed by atoms with Gasteiger partial charge in [0.25, 0.3) is 0 Å². The predicted molar refractivity (Wildman–Crippen MR) is 64.8 cm³/mol. The van der Waals surface area contributed by atoms with Gasteiger partial charge in [-0.05, 0) is 45.8 Å². The first-order chi connectivity index (χ1) is 8.54. The van der Waals surface area contributed by atoms with Gasteiger partial charge < -0.3 is 4.74 Å². The van der Waals surface area contributed by atoms with Gasteiger partial charge in [0.2, 0.25) is 0 Å². The van der Waals surface area contributed by atoms with E-state index in [4.69, 9.17) is 4.74 Å². The molecule has 2 aromatic carbocycles. The highest BCUT2D eigenvalue weighted by Gasteiger charge is 2.05. The second-order valence-electron chi connectivity index (χ2n) is 3.64. The van der Waals surface area contributed by atoms with E-state index in [9.17, 15) is 13.2 Å². The molecule has 0 saturated heterocycles. The molecule has 1 nitrogen and oxygen atoms in total. The fourth-order valence-electron chi connectivity index (χ4n) is 1.44. The van der Waals surface area contributed by atoms with E-state index in [1.54, 1.807) is 0 Å². The molecule has 0 amide bonds. The summed E-state index contributed by atoms with van der Waals surface area (Å²) in [5.41, 5.74) is 0.337. The summed E-state index contributed by atoms with van der Waals surface area (Å²) >= 11 is 3.19. The predicted octanol–water partition coefficient (Wildman–Crippen LogP) is 4.45. The minimum atomic E-state index is -0.674. The van der Waals surface area contributed by atoms with Crippen LogP contribution in [0, 0.1) is 17.5 Å². The Kier molecular flexibility index (Phi) is 3.91. The van der Waals surface area contributed by atoms with Crippen molar-refractivity contribution in [3.8, 4) is 5.75 Å². The van der Waals surface area contributed by atoms with Crippen LogP contribution in [-0.4, -0.2) is 0 Å². The lowest BCUT2D eigenvalue weighted by molar-refractivity contribution is 0.301. The van der Waals surface area contributed by atoms with E-state index in [0.29, 0.717) is 10.0 Å². The molecular weight excluding hydrogens is 309 g/mol. The highest BCUT2D eigenvalue weighted by Crippen LogP contribution is 2.26. The van der Waals surface area contributed by atoms with Crippen LogP contribution >= 0.6 is 15.9 Å². The van der Waals surface area contributed by atoms with Crippen LogP contribution < -0.4 is 4.74 Å². The van der Waals surface area contributed by atoms with Crippen molar-refractivity contribution in [1.82, 2.24) is 0 Å². The van der Waals surface area contributed by atoms with Gasteiger partial charge in [-0.1, -0.05) is 0 Å². The summed E-state index contributed by atoms with van der Waals surface area (Å²) in [4.78, 5) is 0. The van der Waals surface area contributed by atoms with E-state index < -0.39 is 17.5 Å². The third-order valence-electron chi connectivity index (χ3n) is 2.21. The van der Waals surface area contributed by atoms with Gasteiger partial charge in [-0.25, -0.2) is 13.2 Å². The summed E-state index contributed by atoms with van der Waals surface area (Å²) in [6.07, 6.45) is 0. The average molecular weight is 317 g/mol. The summed E-state index contributed by atoms with van der Waals surface area (Å²) in [6.45, 7) is -0.0449. The number of halogens is 4. The van der Waals surface area contributed by atoms with E-state index in [2.05, 4.69) is 15.9 Å². The molecule has 18 heavy (non-hydrogen) atoms. The first kappa shape index (κ1) is 13.0. The van der Waals surface area contributed by atoms with Gasteiger partial charge >= 0.3 is 0 Å². The van der Waals surface area contributed by atoms with Crippen LogP contribution in [0.15, 0.2) is 40.9 Å². The second-order valence-corrected chi connectivity index (χ2v) is 4.50. The Balaban J connectivity index is 2.13. The van der Waals surface area contributed by atoms with Gasteiger partial charge in [0.1, 0.15) is 29.8 Å². The Morgan fingerprint density at radius 3 is 2.22 bits per heavy atom. The molecule has 0 aromatic heterocycles. The molecule has 0 unspecified atom stereocenters. The minimum absolute atomic E-state index is 0.0449. The van der Waals surface area contributed by atoms with Crippen molar-refractivity contribution in [2.75, 3.05) is 0 Å². The molecule has 0 aliphatic carbocycles. The highest BCUT2D eigenvalue weighted by atomic mass is 79.9. The fraction of sp³-hybridized carbons (Fsp3) is 0.0769. The summed E-state index contributed by atoms with van der Waals surface area (Å²) in [5.74, 6) is -1.52. The second kappa shape index (κ2) is 5.44. The number of rotatable bonds is 3. The Morgan fingerprint density at radius 1 is 0.889 bits per heavy atom. The number of hydrogen-bond donors (Lipinski definition) is 0. The van der Waals surface area contributed by atoms with Crippen molar-refractivity contribution in [1.29, 1.82) is 0 Å². The Morgan fingerprint density at radius 2 is 1.56 bits per heavy atom. The normalized spacial score (nSPS) is 10.4. The highest BCUT2D eigenvalue weighted by molar-refractivity contribution is 9.10. The van der Waals surface area contributed by atoms with Crippen LogP contribution in [0.25, 0.3) is 0 Å². The molecule has 0 saturated carbocycles. The zero-order chi connectivity index (χ0) is 13.1. The van der Waals surface area contributed by atoms with Crippen LogP contribution in [0.1, 0.15) is 5.56 Å². The molecule has 0 fully saturated rings. The zero-order valence-corrected chi connectivity index (χ0v) is 10.7. The van der Waals surface area contributed by atoms with Crippen molar-refractivity contribution < 1.29 is 17.9 Å². The Hall–Kier alpha value is -1.49. The lowest BCUT2D eigenvalue weighted by Crippen LogP contribution is -1.98. The molecule has 0 aliphatic heterocycles. The Bertz CT molecular complexity index is 552. The SMILES string of the molecule is Fc1cc(F)cc(COc2cc(F)ccc2Br)c1. The zero-order valence-electron chi connectivity index (χ0n) is 9.09. The first-order valence-corrected chi connectivity index (χ1v) is 5.87. The molecule has 0 heterocycles. The molecule has 2 aromatic rings. The van der Waals surface area contributed by atoms with Crippen molar-refractivity contribution in [3.63, 3.8) is 0 Å². The van der Waals surface area contributed by atoms with Gasteiger partial charge in [-0.2, -0.15) is 0 Å². The molecular formula is C13H8BrF3O. The maximum absolute atomic E-state index is 13.0. The van der Waals surface area contributed by atoms with E-state index in [-0.39, 0.29) is 12.4 Å². The number of benzene rings is 2. The third-order valence-corrected chi connectivity index (χ3v) is 2.87. The lowest BCUT2D eigenvalue weighted by atomic mass is 10.2. The topological polar surface area (TPSA) is 9.23 Å². The van der Waals surface area contributed by atoms with Gasteiger partial charge in [0.05, 0.1) is 4.47 Å². The number of hydrogen-bond acceptors (Lipinski definition) is 1. The molecule has 0 spiro atoms. The minimum Gasteiger partial charge on any atom is -0.488 e. The van der Waals surface area contributed by atoms with Crippen LogP contribution in [0.4, 0.5) is 13.2 Å². The summed E-state index contributed by atoms with van der Waals surface area (Å²) in [7, 11) is 0. The van der Waals surface area contributed by atoms with Crippen LogP contribution in [-0.2, 0) is 6.61 Å².